The van der Waals surface area contributed by atoms with E-state index in [0.717, 1.165) is 6.92 Å². The molecule has 9 nitrogen and oxygen atoms in total. The molecule has 208 valence electrons. The first-order valence-electron chi connectivity index (χ1n) is 11.8. The van der Waals surface area contributed by atoms with Crippen molar-refractivity contribution in [3.63, 3.8) is 0 Å². The second kappa shape index (κ2) is 13.1. The molecule has 3 aromatic rings. The largest absolute Gasteiger partial charge is 0.459 e. The number of carbonyl (C=O) groups excluding carboxylic acids is 4. The Morgan fingerprint density at radius 2 is 1.02 bits per heavy atom. The Balaban J connectivity index is 1.59. The SMILES string of the molecule is CC(=O)O[C@@H]1O[C@@H](COC(=O)c2ccc(Cl)cc2)[C@@H](OC(=O)c2ccc(Cl)cc2)[C@H]1OC(=O)c1ccc(Cl)cc1. The molecular weight excluding hydrogens is 587 g/mol. The van der Waals surface area contributed by atoms with Gasteiger partial charge in [0.05, 0.1) is 16.7 Å². The van der Waals surface area contributed by atoms with Gasteiger partial charge in [-0.25, -0.2) is 14.4 Å². The van der Waals surface area contributed by atoms with Crippen LogP contribution in [0.1, 0.15) is 38.0 Å². The highest BCUT2D eigenvalue weighted by Gasteiger charge is 2.52. The lowest BCUT2D eigenvalue weighted by Gasteiger charge is -2.24. The maximum absolute atomic E-state index is 13.0. The summed E-state index contributed by atoms with van der Waals surface area (Å²) in [5, 5.41) is 1.23. The summed E-state index contributed by atoms with van der Waals surface area (Å²) < 4.78 is 27.7. The van der Waals surface area contributed by atoms with E-state index in [0.29, 0.717) is 15.1 Å². The third-order valence-corrected chi connectivity index (χ3v) is 6.41. The zero-order valence-corrected chi connectivity index (χ0v) is 23.0. The van der Waals surface area contributed by atoms with Crippen molar-refractivity contribution in [3.8, 4) is 0 Å². The molecule has 0 radical (unpaired) electrons. The number of rotatable bonds is 8. The molecule has 0 aliphatic carbocycles. The van der Waals surface area contributed by atoms with Gasteiger partial charge in [0.1, 0.15) is 12.7 Å². The highest BCUT2D eigenvalue weighted by molar-refractivity contribution is 6.31. The summed E-state index contributed by atoms with van der Waals surface area (Å²) in [6, 6.07) is 17.7. The number of esters is 4. The van der Waals surface area contributed by atoms with Crippen molar-refractivity contribution in [1.29, 1.82) is 0 Å². The molecule has 1 fully saturated rings. The van der Waals surface area contributed by atoms with Gasteiger partial charge in [-0.15, -0.1) is 0 Å². The second-order valence-corrected chi connectivity index (χ2v) is 9.82. The molecule has 1 aliphatic heterocycles. The van der Waals surface area contributed by atoms with Crippen LogP contribution >= 0.6 is 34.8 Å². The minimum absolute atomic E-state index is 0.131. The van der Waals surface area contributed by atoms with E-state index in [1.54, 1.807) is 0 Å². The summed E-state index contributed by atoms with van der Waals surface area (Å²) in [4.78, 5) is 50.4. The molecule has 4 rings (SSSR count). The first kappa shape index (κ1) is 29.4. The lowest BCUT2D eigenvalue weighted by Crippen LogP contribution is -2.42. The van der Waals surface area contributed by atoms with Gasteiger partial charge in [-0.05, 0) is 72.8 Å². The van der Waals surface area contributed by atoms with E-state index in [1.807, 2.05) is 0 Å². The molecule has 0 N–H and O–H groups in total. The fourth-order valence-corrected chi connectivity index (χ4v) is 4.11. The van der Waals surface area contributed by atoms with Gasteiger partial charge in [-0.1, -0.05) is 34.8 Å². The standard InChI is InChI=1S/C28H21Cl3O9/c1-15(32)37-28-24(40-27(35)18-6-12-21(31)13-7-18)23(39-26(34)17-4-10-20(30)11-5-17)22(38-28)14-36-25(33)16-2-8-19(29)9-3-16/h2-13,22-24,28H,14H2,1H3/t22-,23+,24+,28+/m0/s1. The van der Waals surface area contributed by atoms with E-state index in [1.165, 1.54) is 72.8 Å². The molecule has 0 spiro atoms. The Morgan fingerprint density at radius 3 is 1.45 bits per heavy atom. The third-order valence-electron chi connectivity index (χ3n) is 5.65. The van der Waals surface area contributed by atoms with Crippen LogP contribution in [-0.2, 0) is 28.5 Å². The Hall–Kier alpha value is -3.63. The number of ether oxygens (including phenoxy) is 5. The molecule has 0 amide bonds. The van der Waals surface area contributed by atoms with E-state index in [-0.39, 0.29) is 16.7 Å². The molecule has 12 heteroatoms. The van der Waals surface area contributed by atoms with Crippen LogP contribution in [0.15, 0.2) is 72.8 Å². The van der Waals surface area contributed by atoms with Gasteiger partial charge in [-0.3, -0.25) is 4.79 Å². The Bertz CT molecular complexity index is 1380. The van der Waals surface area contributed by atoms with Gasteiger partial charge in [0, 0.05) is 22.0 Å². The molecule has 0 saturated carbocycles. The monoisotopic (exact) mass is 606 g/mol. The Kier molecular flexibility index (Phi) is 9.65. The lowest BCUT2D eigenvalue weighted by atomic mass is 10.1. The summed E-state index contributed by atoms with van der Waals surface area (Å²) in [6.45, 7) is 0.691. The lowest BCUT2D eigenvalue weighted by molar-refractivity contribution is -0.187. The normalized spacial score (nSPS) is 19.9. The average Bonchev–Trinajstić information content (AvgIpc) is 3.22. The van der Waals surface area contributed by atoms with Gasteiger partial charge in [0.25, 0.3) is 0 Å². The quantitative estimate of drug-likeness (QED) is 0.240. The molecule has 4 atom stereocenters. The van der Waals surface area contributed by atoms with Crippen LogP contribution < -0.4 is 0 Å². The average molecular weight is 608 g/mol. The molecular formula is C28H21Cl3O9. The van der Waals surface area contributed by atoms with Crippen molar-refractivity contribution in [3.05, 3.63) is 105 Å². The van der Waals surface area contributed by atoms with E-state index >= 15 is 0 Å². The first-order valence-corrected chi connectivity index (χ1v) is 12.9. The fraction of sp³-hybridized carbons (Fsp3) is 0.214. The number of hydrogen-bond donors (Lipinski definition) is 0. The van der Waals surface area contributed by atoms with Crippen LogP contribution in [0.5, 0.6) is 0 Å². The van der Waals surface area contributed by atoms with Crippen LogP contribution in [0.25, 0.3) is 0 Å². The predicted molar refractivity (Wildman–Crippen MR) is 143 cm³/mol. The summed E-state index contributed by atoms with van der Waals surface area (Å²) in [5.74, 6) is -3.10. The van der Waals surface area contributed by atoms with Crippen LogP contribution in [0.3, 0.4) is 0 Å². The van der Waals surface area contributed by atoms with Crippen LogP contribution in [0.4, 0.5) is 0 Å². The van der Waals surface area contributed by atoms with E-state index in [2.05, 4.69) is 0 Å². The van der Waals surface area contributed by atoms with Crippen molar-refractivity contribution in [2.45, 2.75) is 31.5 Å². The minimum Gasteiger partial charge on any atom is -0.459 e. The highest BCUT2D eigenvalue weighted by Crippen LogP contribution is 2.30. The molecule has 0 aromatic heterocycles. The van der Waals surface area contributed by atoms with Gasteiger partial charge < -0.3 is 23.7 Å². The summed E-state index contributed by atoms with van der Waals surface area (Å²) >= 11 is 17.7. The zero-order chi connectivity index (χ0) is 28.8. The van der Waals surface area contributed by atoms with Crippen LogP contribution in [0, 0.1) is 0 Å². The van der Waals surface area contributed by atoms with Crippen molar-refractivity contribution >= 4 is 58.7 Å². The number of carbonyl (C=O) groups is 4. The summed E-state index contributed by atoms with van der Waals surface area (Å²) in [6.07, 6.45) is -5.42. The molecule has 1 heterocycles. The van der Waals surface area contributed by atoms with Crippen molar-refractivity contribution in [1.82, 2.24) is 0 Å². The number of halogens is 3. The van der Waals surface area contributed by atoms with Crippen LogP contribution in [0.2, 0.25) is 15.1 Å². The predicted octanol–water partition coefficient (Wildman–Crippen LogP) is 5.54. The first-order chi connectivity index (χ1) is 19.1. The van der Waals surface area contributed by atoms with Crippen molar-refractivity contribution in [2.75, 3.05) is 6.61 Å². The molecule has 1 aliphatic rings. The summed E-state index contributed by atoms with van der Waals surface area (Å²) in [5.41, 5.74) is 0.478. The smallest absolute Gasteiger partial charge is 0.338 e. The van der Waals surface area contributed by atoms with Crippen LogP contribution in [-0.4, -0.2) is 55.1 Å². The van der Waals surface area contributed by atoms with Gasteiger partial charge in [0.2, 0.25) is 12.4 Å². The fourth-order valence-electron chi connectivity index (χ4n) is 3.73. The number of benzene rings is 3. The molecule has 1 saturated heterocycles. The van der Waals surface area contributed by atoms with Crippen molar-refractivity contribution < 1.29 is 42.9 Å². The van der Waals surface area contributed by atoms with E-state index in [9.17, 15) is 19.2 Å². The zero-order valence-electron chi connectivity index (χ0n) is 20.8. The van der Waals surface area contributed by atoms with E-state index in [4.69, 9.17) is 58.5 Å². The van der Waals surface area contributed by atoms with Gasteiger partial charge >= 0.3 is 23.9 Å². The third kappa shape index (κ3) is 7.51. The molecule has 0 unspecified atom stereocenters. The Labute approximate surface area is 243 Å². The van der Waals surface area contributed by atoms with Crippen molar-refractivity contribution in [2.24, 2.45) is 0 Å². The van der Waals surface area contributed by atoms with E-state index < -0.39 is 55.1 Å². The highest BCUT2D eigenvalue weighted by atomic mass is 35.5. The van der Waals surface area contributed by atoms with Gasteiger partial charge in [-0.2, -0.15) is 0 Å². The maximum atomic E-state index is 13.0. The maximum Gasteiger partial charge on any atom is 0.338 e. The van der Waals surface area contributed by atoms with Gasteiger partial charge in [0.15, 0.2) is 6.10 Å². The topological polar surface area (TPSA) is 114 Å². The summed E-state index contributed by atoms with van der Waals surface area (Å²) in [7, 11) is 0. The Morgan fingerprint density at radius 1 is 0.625 bits per heavy atom. The molecule has 3 aromatic carbocycles. The molecule has 0 bridgehead atoms. The minimum atomic E-state index is -1.48. The number of hydrogen-bond acceptors (Lipinski definition) is 9. The molecule has 40 heavy (non-hydrogen) atoms. The second-order valence-electron chi connectivity index (χ2n) is 8.51.